The number of rotatable bonds is 3. The van der Waals surface area contributed by atoms with E-state index in [2.05, 4.69) is 32.3 Å². The first-order chi connectivity index (χ1) is 6.94. The fourth-order valence-corrected chi connectivity index (χ4v) is 1.28. The van der Waals surface area contributed by atoms with Gasteiger partial charge >= 0.3 is 0 Å². The van der Waals surface area contributed by atoms with Crippen LogP contribution >= 0.6 is 15.9 Å². The molecule has 0 unspecified atom stereocenters. The zero-order chi connectivity index (χ0) is 11.5. The number of nitriles is 1. The summed E-state index contributed by atoms with van der Waals surface area (Å²) in [5, 5.41) is 12.0. The van der Waals surface area contributed by atoms with Crippen LogP contribution in [0, 0.1) is 16.7 Å². The second kappa shape index (κ2) is 4.49. The number of nitrogens with one attached hydrogen (secondary N) is 1. The molecule has 1 aromatic heterocycles. The average molecular weight is 269 g/mol. The average Bonchev–Trinajstić information content (AvgIpc) is 2.20. The van der Waals surface area contributed by atoms with Gasteiger partial charge in [-0.05, 0) is 35.8 Å². The van der Waals surface area contributed by atoms with Crippen molar-refractivity contribution in [1.82, 2.24) is 4.98 Å². The molecule has 15 heavy (non-hydrogen) atoms. The van der Waals surface area contributed by atoms with Gasteiger partial charge in [-0.25, -0.2) is 4.98 Å². The highest BCUT2D eigenvalue weighted by atomic mass is 79.9. The second-order valence-corrected chi connectivity index (χ2v) is 4.85. The van der Waals surface area contributed by atoms with Gasteiger partial charge in [0.05, 0.1) is 17.2 Å². The molecule has 80 valence electrons. The first-order valence-electron chi connectivity index (χ1n) is 4.51. The van der Waals surface area contributed by atoms with Crippen LogP contribution in [0.2, 0.25) is 0 Å². The highest BCUT2D eigenvalue weighted by Gasteiger charge is 2.16. The molecule has 0 spiro atoms. The number of anilines is 2. The Hall–Kier alpha value is -1.28. The Kier molecular flexibility index (Phi) is 3.53. The summed E-state index contributed by atoms with van der Waals surface area (Å²) in [5.74, 6) is 0.437. The van der Waals surface area contributed by atoms with Gasteiger partial charge in [0, 0.05) is 17.2 Å². The number of halogens is 1. The molecule has 0 saturated heterocycles. The minimum absolute atomic E-state index is 0.422. The molecule has 3 N–H and O–H groups in total. The Bertz CT molecular complexity index is 395. The summed E-state index contributed by atoms with van der Waals surface area (Å²) in [6.07, 6.45) is 1.63. The van der Waals surface area contributed by atoms with E-state index < -0.39 is 5.41 Å². The Morgan fingerprint density at radius 2 is 2.33 bits per heavy atom. The number of nitrogens with zero attached hydrogens (tertiary/aromatic N) is 2. The van der Waals surface area contributed by atoms with Crippen LogP contribution in [0.3, 0.4) is 0 Å². The number of hydrogen-bond acceptors (Lipinski definition) is 4. The predicted octanol–water partition coefficient (Wildman–Crippen LogP) is 2.39. The third-order valence-electron chi connectivity index (χ3n) is 1.91. The molecule has 1 heterocycles. The minimum atomic E-state index is -0.422. The van der Waals surface area contributed by atoms with E-state index in [9.17, 15) is 0 Å². The van der Waals surface area contributed by atoms with Crippen molar-refractivity contribution in [3.8, 4) is 6.07 Å². The summed E-state index contributed by atoms with van der Waals surface area (Å²) >= 11 is 3.31. The molecule has 0 amide bonds. The molecule has 4 nitrogen and oxygen atoms in total. The van der Waals surface area contributed by atoms with Gasteiger partial charge in [-0.15, -0.1) is 0 Å². The van der Waals surface area contributed by atoms with Crippen molar-refractivity contribution in [3.63, 3.8) is 0 Å². The third kappa shape index (κ3) is 3.40. The van der Waals surface area contributed by atoms with Gasteiger partial charge in [0.25, 0.3) is 0 Å². The maximum atomic E-state index is 8.85. The molecular formula is C10H13BrN4. The van der Waals surface area contributed by atoms with Crippen molar-refractivity contribution in [1.29, 1.82) is 5.26 Å². The molecule has 0 aliphatic rings. The van der Waals surface area contributed by atoms with Crippen LogP contribution in [0.1, 0.15) is 13.8 Å². The van der Waals surface area contributed by atoms with Crippen molar-refractivity contribution in [2.24, 2.45) is 5.41 Å². The molecule has 0 aliphatic heterocycles. The summed E-state index contributed by atoms with van der Waals surface area (Å²) in [6.45, 7) is 4.26. The molecular weight excluding hydrogens is 256 g/mol. The Labute approximate surface area is 97.6 Å². The molecule has 5 heteroatoms. The lowest BCUT2D eigenvalue weighted by molar-refractivity contribution is 0.529. The number of pyridine rings is 1. The number of hydrogen-bond donors (Lipinski definition) is 2. The molecule has 0 aliphatic carbocycles. The zero-order valence-corrected chi connectivity index (χ0v) is 10.3. The SMILES string of the molecule is CC(C)(C#N)CNc1cc(Br)cnc1N. The number of aromatic nitrogens is 1. The van der Waals surface area contributed by atoms with Crippen LogP contribution in [0.15, 0.2) is 16.7 Å². The smallest absolute Gasteiger partial charge is 0.146 e. The number of nitrogens with two attached hydrogens (primary N) is 1. The highest BCUT2D eigenvalue weighted by Crippen LogP contribution is 2.22. The Morgan fingerprint density at radius 1 is 1.67 bits per heavy atom. The van der Waals surface area contributed by atoms with Gasteiger partial charge in [0.1, 0.15) is 5.82 Å². The van der Waals surface area contributed by atoms with Crippen LogP contribution in [0.4, 0.5) is 11.5 Å². The van der Waals surface area contributed by atoms with E-state index in [4.69, 9.17) is 11.0 Å². The van der Waals surface area contributed by atoms with Crippen molar-refractivity contribution < 1.29 is 0 Å². The van der Waals surface area contributed by atoms with Gasteiger partial charge in [-0.2, -0.15) is 5.26 Å². The van der Waals surface area contributed by atoms with Crippen molar-refractivity contribution in [2.75, 3.05) is 17.6 Å². The fraction of sp³-hybridized carbons (Fsp3) is 0.400. The zero-order valence-electron chi connectivity index (χ0n) is 8.71. The first kappa shape index (κ1) is 11.8. The van der Waals surface area contributed by atoms with E-state index in [0.717, 1.165) is 10.2 Å². The van der Waals surface area contributed by atoms with E-state index in [-0.39, 0.29) is 0 Å². The van der Waals surface area contributed by atoms with Gasteiger partial charge in [-0.3, -0.25) is 0 Å². The molecule has 0 saturated carbocycles. The van der Waals surface area contributed by atoms with E-state index >= 15 is 0 Å². The van der Waals surface area contributed by atoms with E-state index in [0.29, 0.717) is 12.4 Å². The van der Waals surface area contributed by atoms with Crippen molar-refractivity contribution >= 4 is 27.4 Å². The van der Waals surface area contributed by atoms with Crippen LogP contribution in [0.25, 0.3) is 0 Å². The van der Waals surface area contributed by atoms with Gasteiger partial charge in [-0.1, -0.05) is 0 Å². The maximum absolute atomic E-state index is 8.85. The quantitative estimate of drug-likeness (QED) is 0.883. The summed E-state index contributed by atoms with van der Waals surface area (Å²) in [7, 11) is 0. The van der Waals surface area contributed by atoms with Crippen LogP contribution in [0.5, 0.6) is 0 Å². The third-order valence-corrected chi connectivity index (χ3v) is 2.34. The predicted molar refractivity (Wildman–Crippen MR) is 64.2 cm³/mol. The fourth-order valence-electron chi connectivity index (χ4n) is 0.947. The molecule has 0 radical (unpaired) electrons. The van der Waals surface area contributed by atoms with Gasteiger partial charge < -0.3 is 11.1 Å². The van der Waals surface area contributed by atoms with E-state index in [1.807, 2.05) is 19.9 Å². The Balaban J connectivity index is 2.74. The van der Waals surface area contributed by atoms with Crippen LogP contribution < -0.4 is 11.1 Å². The molecule has 0 bridgehead atoms. The molecule has 0 atom stereocenters. The Morgan fingerprint density at radius 3 is 2.93 bits per heavy atom. The molecule has 1 aromatic rings. The normalized spacial score (nSPS) is 10.8. The molecule has 1 rings (SSSR count). The van der Waals surface area contributed by atoms with Crippen LogP contribution in [-0.2, 0) is 0 Å². The summed E-state index contributed by atoms with van der Waals surface area (Å²) in [4.78, 5) is 3.99. The summed E-state index contributed by atoms with van der Waals surface area (Å²) in [5.41, 5.74) is 6.00. The summed E-state index contributed by atoms with van der Waals surface area (Å²) in [6, 6.07) is 4.05. The summed E-state index contributed by atoms with van der Waals surface area (Å²) < 4.78 is 0.856. The minimum Gasteiger partial charge on any atom is -0.382 e. The number of nitrogen functional groups attached to an aromatic ring is 1. The van der Waals surface area contributed by atoms with Gasteiger partial charge in [0.15, 0.2) is 0 Å². The monoisotopic (exact) mass is 268 g/mol. The van der Waals surface area contributed by atoms with Gasteiger partial charge in [0.2, 0.25) is 0 Å². The topological polar surface area (TPSA) is 74.7 Å². The lowest BCUT2D eigenvalue weighted by atomic mass is 9.96. The molecule has 0 aromatic carbocycles. The largest absolute Gasteiger partial charge is 0.382 e. The van der Waals surface area contributed by atoms with Crippen LogP contribution in [-0.4, -0.2) is 11.5 Å². The lowest BCUT2D eigenvalue weighted by Crippen LogP contribution is -2.21. The standard InChI is InChI=1S/C10H13BrN4/c1-10(2,5-12)6-15-8-3-7(11)4-14-9(8)13/h3-4,15H,6H2,1-2H3,(H2,13,14). The van der Waals surface area contributed by atoms with Crippen molar-refractivity contribution in [3.05, 3.63) is 16.7 Å². The maximum Gasteiger partial charge on any atom is 0.146 e. The first-order valence-corrected chi connectivity index (χ1v) is 5.30. The lowest BCUT2D eigenvalue weighted by Gasteiger charge is -2.17. The second-order valence-electron chi connectivity index (χ2n) is 3.94. The molecule has 0 fully saturated rings. The van der Waals surface area contributed by atoms with E-state index in [1.165, 1.54) is 0 Å². The van der Waals surface area contributed by atoms with E-state index in [1.54, 1.807) is 6.20 Å². The highest BCUT2D eigenvalue weighted by molar-refractivity contribution is 9.10. The van der Waals surface area contributed by atoms with Crippen molar-refractivity contribution in [2.45, 2.75) is 13.8 Å².